The molecule has 0 aliphatic carbocycles. The van der Waals surface area contributed by atoms with E-state index in [9.17, 15) is 0 Å². The third-order valence-electron chi connectivity index (χ3n) is 4.12. The topological polar surface area (TPSA) is 74.3 Å². The van der Waals surface area contributed by atoms with Crippen LogP contribution in [0.25, 0.3) is 0 Å². The molecule has 142 valence electrons. The molecule has 0 aliphatic rings. The Labute approximate surface area is 156 Å². The van der Waals surface area contributed by atoms with Gasteiger partial charge >= 0.3 is 0 Å². The second-order valence-corrected chi connectivity index (χ2v) is 6.46. The summed E-state index contributed by atoms with van der Waals surface area (Å²) in [6.45, 7) is 10.5. The minimum absolute atomic E-state index is 0.0140. The van der Waals surface area contributed by atoms with Gasteiger partial charge in [-0.2, -0.15) is 5.10 Å². The van der Waals surface area contributed by atoms with E-state index in [0.29, 0.717) is 6.54 Å². The Morgan fingerprint density at radius 2 is 2.08 bits per heavy atom. The van der Waals surface area contributed by atoms with E-state index in [-0.39, 0.29) is 6.10 Å². The van der Waals surface area contributed by atoms with E-state index in [1.165, 1.54) is 5.56 Å². The van der Waals surface area contributed by atoms with Crippen LogP contribution in [-0.2, 0) is 6.42 Å². The first-order chi connectivity index (χ1) is 12.6. The summed E-state index contributed by atoms with van der Waals surface area (Å²) in [6, 6.07) is 8.06. The van der Waals surface area contributed by atoms with Gasteiger partial charge in [0.15, 0.2) is 5.96 Å². The molecule has 1 unspecified atom stereocenters. The van der Waals surface area contributed by atoms with Crippen LogP contribution in [0.5, 0.6) is 5.75 Å². The summed E-state index contributed by atoms with van der Waals surface area (Å²) in [5.74, 6) is 1.75. The average molecular weight is 358 g/mol. The van der Waals surface area contributed by atoms with Crippen molar-refractivity contribution in [2.45, 2.75) is 46.6 Å². The molecular weight excluding hydrogens is 326 g/mol. The minimum Gasteiger partial charge on any atom is -0.489 e. The van der Waals surface area contributed by atoms with Gasteiger partial charge in [-0.1, -0.05) is 18.2 Å². The zero-order chi connectivity index (χ0) is 18.8. The molecule has 2 aromatic rings. The molecule has 0 spiro atoms. The molecule has 6 nitrogen and oxygen atoms in total. The number of nitrogens with one attached hydrogen (secondary N) is 3. The summed E-state index contributed by atoms with van der Waals surface area (Å²) in [4.78, 5) is 4.64. The Kier molecular flexibility index (Phi) is 7.99. The third-order valence-corrected chi connectivity index (χ3v) is 4.12. The van der Waals surface area contributed by atoms with Crippen molar-refractivity contribution in [1.82, 2.24) is 20.8 Å². The summed E-state index contributed by atoms with van der Waals surface area (Å²) in [5.41, 5.74) is 3.56. The summed E-state index contributed by atoms with van der Waals surface area (Å²) in [7, 11) is 0. The zero-order valence-electron chi connectivity index (χ0n) is 16.3. The van der Waals surface area contributed by atoms with Crippen LogP contribution in [0.1, 0.15) is 37.1 Å². The smallest absolute Gasteiger partial charge is 0.191 e. The molecule has 0 saturated carbocycles. The van der Waals surface area contributed by atoms with Crippen LogP contribution >= 0.6 is 0 Å². The highest BCUT2D eigenvalue weighted by Gasteiger charge is 2.06. The predicted octanol–water partition coefficient (Wildman–Crippen LogP) is 2.98. The number of hydrogen-bond donors (Lipinski definition) is 3. The molecule has 0 aliphatic heterocycles. The van der Waals surface area contributed by atoms with Gasteiger partial charge in [-0.3, -0.25) is 5.10 Å². The molecule has 0 radical (unpaired) electrons. The lowest BCUT2D eigenvalue weighted by atomic mass is 10.1. The van der Waals surface area contributed by atoms with E-state index in [0.717, 1.165) is 48.9 Å². The van der Waals surface area contributed by atoms with Gasteiger partial charge in [-0.15, -0.1) is 0 Å². The number of aromatic nitrogens is 2. The quantitative estimate of drug-likeness (QED) is 0.366. The lowest BCUT2D eigenvalue weighted by Gasteiger charge is -2.16. The Balaban J connectivity index is 1.78. The molecule has 0 amide bonds. The lowest BCUT2D eigenvalue weighted by molar-refractivity contribution is 0.228. The number of aliphatic imine (C=N–C) groups is 1. The van der Waals surface area contributed by atoms with Crippen LogP contribution < -0.4 is 15.4 Å². The van der Waals surface area contributed by atoms with Gasteiger partial charge in [0, 0.05) is 18.8 Å². The van der Waals surface area contributed by atoms with E-state index in [2.05, 4.69) is 52.7 Å². The molecule has 1 aromatic heterocycles. The summed E-state index contributed by atoms with van der Waals surface area (Å²) in [6.07, 6.45) is 3.95. The highest BCUT2D eigenvalue weighted by atomic mass is 16.5. The fraction of sp³-hybridized carbons (Fsp3) is 0.500. The largest absolute Gasteiger partial charge is 0.489 e. The summed E-state index contributed by atoms with van der Waals surface area (Å²) in [5, 5.41) is 13.7. The van der Waals surface area contributed by atoms with Gasteiger partial charge in [-0.05, 0) is 57.7 Å². The number of ether oxygens (including phenoxy) is 1. The highest BCUT2D eigenvalue weighted by Crippen LogP contribution is 2.17. The predicted molar refractivity (Wildman–Crippen MR) is 107 cm³/mol. The molecule has 1 heterocycles. The first kappa shape index (κ1) is 19.8. The van der Waals surface area contributed by atoms with Crippen molar-refractivity contribution >= 4 is 5.96 Å². The monoisotopic (exact) mass is 357 g/mol. The number of aryl methyl sites for hydroxylation is 3. The van der Waals surface area contributed by atoms with Crippen LogP contribution in [0.15, 0.2) is 35.5 Å². The van der Waals surface area contributed by atoms with Gasteiger partial charge in [0.25, 0.3) is 0 Å². The van der Waals surface area contributed by atoms with Gasteiger partial charge in [-0.25, -0.2) is 4.99 Å². The average Bonchev–Trinajstić information content (AvgIpc) is 3.03. The maximum Gasteiger partial charge on any atom is 0.191 e. The van der Waals surface area contributed by atoms with Crippen molar-refractivity contribution in [3.63, 3.8) is 0 Å². The van der Waals surface area contributed by atoms with Crippen LogP contribution in [0.2, 0.25) is 0 Å². The summed E-state index contributed by atoms with van der Waals surface area (Å²) < 4.78 is 5.99. The van der Waals surface area contributed by atoms with E-state index in [1.807, 2.05) is 31.3 Å². The van der Waals surface area contributed by atoms with Crippen LogP contribution in [0.3, 0.4) is 0 Å². The molecule has 0 fully saturated rings. The number of guanidine groups is 1. The van der Waals surface area contributed by atoms with E-state index in [1.54, 1.807) is 0 Å². The Morgan fingerprint density at radius 1 is 1.27 bits per heavy atom. The first-order valence-electron chi connectivity index (χ1n) is 9.33. The Morgan fingerprint density at radius 3 is 2.77 bits per heavy atom. The molecule has 26 heavy (non-hydrogen) atoms. The van der Waals surface area contributed by atoms with Gasteiger partial charge in [0.2, 0.25) is 0 Å². The Bertz CT molecular complexity index is 695. The van der Waals surface area contributed by atoms with Crippen molar-refractivity contribution in [2.24, 2.45) is 4.99 Å². The van der Waals surface area contributed by atoms with Crippen LogP contribution in [-0.4, -0.2) is 41.9 Å². The number of benzene rings is 1. The fourth-order valence-electron chi connectivity index (χ4n) is 2.62. The molecule has 0 saturated heterocycles. The third kappa shape index (κ3) is 6.43. The Hall–Kier alpha value is -2.50. The molecule has 6 heteroatoms. The van der Waals surface area contributed by atoms with Crippen molar-refractivity contribution in [3.8, 4) is 5.75 Å². The number of H-pyrrole nitrogens is 1. The van der Waals surface area contributed by atoms with Crippen molar-refractivity contribution in [1.29, 1.82) is 0 Å². The van der Waals surface area contributed by atoms with E-state index < -0.39 is 0 Å². The molecule has 0 bridgehead atoms. The van der Waals surface area contributed by atoms with Gasteiger partial charge in [0.05, 0.1) is 12.7 Å². The second-order valence-electron chi connectivity index (χ2n) is 6.46. The number of hydrogen-bond acceptors (Lipinski definition) is 3. The van der Waals surface area contributed by atoms with Crippen molar-refractivity contribution < 1.29 is 4.74 Å². The molecule has 3 N–H and O–H groups in total. The SMILES string of the molecule is CCNC(=NCC(C)Oc1ccccc1C)NCCCc1cn[nH]c1C. The standard InChI is InChI=1S/C20H31N5O/c1-5-21-20(22-12-8-10-18-14-24-25-17(18)4)23-13-16(3)26-19-11-7-6-9-15(19)2/h6-7,9,11,14,16H,5,8,10,12-13H2,1-4H3,(H,24,25)(H2,21,22,23). The van der Waals surface area contributed by atoms with Crippen LogP contribution in [0, 0.1) is 13.8 Å². The number of rotatable bonds is 9. The molecule has 1 atom stereocenters. The molecule has 2 rings (SSSR count). The number of aromatic amines is 1. The molecular formula is C20H31N5O. The zero-order valence-corrected chi connectivity index (χ0v) is 16.3. The van der Waals surface area contributed by atoms with Crippen molar-refractivity contribution in [3.05, 3.63) is 47.3 Å². The fourth-order valence-corrected chi connectivity index (χ4v) is 2.62. The minimum atomic E-state index is 0.0140. The van der Waals surface area contributed by atoms with E-state index in [4.69, 9.17) is 4.74 Å². The first-order valence-corrected chi connectivity index (χ1v) is 9.33. The second kappa shape index (κ2) is 10.5. The lowest BCUT2D eigenvalue weighted by Crippen LogP contribution is -2.38. The van der Waals surface area contributed by atoms with Crippen molar-refractivity contribution in [2.75, 3.05) is 19.6 Å². The maximum absolute atomic E-state index is 5.99. The van der Waals surface area contributed by atoms with Crippen LogP contribution in [0.4, 0.5) is 0 Å². The van der Waals surface area contributed by atoms with E-state index >= 15 is 0 Å². The highest BCUT2D eigenvalue weighted by molar-refractivity contribution is 5.79. The number of para-hydroxylation sites is 1. The van der Waals surface area contributed by atoms with Gasteiger partial charge in [0.1, 0.15) is 11.9 Å². The van der Waals surface area contributed by atoms with Gasteiger partial charge < -0.3 is 15.4 Å². The molecule has 1 aromatic carbocycles. The summed E-state index contributed by atoms with van der Waals surface area (Å²) >= 11 is 0. The number of nitrogens with zero attached hydrogens (tertiary/aromatic N) is 2. The maximum atomic E-state index is 5.99. The normalized spacial score (nSPS) is 12.7.